The van der Waals surface area contributed by atoms with Crippen LogP contribution < -0.4 is 5.32 Å². The molecule has 0 aliphatic rings. The molecule has 0 saturated carbocycles. The number of rotatable bonds is 7. The summed E-state index contributed by atoms with van der Waals surface area (Å²) in [4.78, 5) is 24.1. The molecule has 1 amide bonds. The van der Waals surface area contributed by atoms with Gasteiger partial charge in [-0.2, -0.15) is 9.61 Å². The minimum Gasteiger partial charge on any atom is -0.462 e. The average molecular weight is 512 g/mol. The Hall–Kier alpha value is -3.24. The van der Waals surface area contributed by atoms with Gasteiger partial charge in [-0.05, 0) is 55.5 Å². The Morgan fingerprint density at radius 3 is 2.50 bits per heavy atom. The van der Waals surface area contributed by atoms with Crippen LogP contribution in [0.4, 0.5) is 5.69 Å². The van der Waals surface area contributed by atoms with Gasteiger partial charge in [0.25, 0.3) is 0 Å². The molecule has 0 bridgehead atoms. The summed E-state index contributed by atoms with van der Waals surface area (Å²) in [6, 6.07) is 18.1. The lowest BCUT2D eigenvalue weighted by atomic mass is 10.1. The zero-order valence-electron chi connectivity index (χ0n) is 17.0. The number of nitrogens with one attached hydrogen (secondary N) is 1. The summed E-state index contributed by atoms with van der Waals surface area (Å²) in [7, 11) is 0. The normalized spacial score (nSPS) is 10.8. The fourth-order valence-corrected chi connectivity index (χ4v) is 3.82. The topological polar surface area (TPSA) is 98.5 Å². The van der Waals surface area contributed by atoms with Crippen LogP contribution in [-0.4, -0.2) is 44.0 Å². The molecule has 4 aromatic rings. The Morgan fingerprint density at radius 1 is 1.03 bits per heavy atom. The highest BCUT2D eigenvalue weighted by molar-refractivity contribution is 9.10. The molecule has 4 rings (SSSR count). The Bertz CT molecular complexity index is 1260. The summed E-state index contributed by atoms with van der Waals surface area (Å²) >= 11 is 4.67. The lowest BCUT2D eigenvalue weighted by Crippen LogP contribution is -2.14. The van der Waals surface area contributed by atoms with Gasteiger partial charge in [-0.1, -0.05) is 39.8 Å². The molecular formula is C22H18BrN5O3S. The highest BCUT2D eigenvalue weighted by Gasteiger charge is 2.12. The summed E-state index contributed by atoms with van der Waals surface area (Å²) in [5, 5.41) is 16.2. The van der Waals surface area contributed by atoms with E-state index >= 15 is 0 Å². The second-order valence-corrected chi connectivity index (χ2v) is 8.47. The maximum atomic E-state index is 12.4. The highest BCUT2D eigenvalue weighted by atomic mass is 79.9. The fraction of sp³-hybridized carbons (Fsp3) is 0.136. The van der Waals surface area contributed by atoms with Gasteiger partial charge in [0, 0.05) is 15.7 Å². The van der Waals surface area contributed by atoms with E-state index in [9.17, 15) is 9.59 Å². The molecule has 0 unspecified atom stereocenters. The number of fused-ring (bicyclic) bond motifs is 1. The predicted octanol–water partition coefficient (Wildman–Crippen LogP) is 4.46. The molecule has 1 N–H and O–H groups in total. The smallest absolute Gasteiger partial charge is 0.338 e. The third-order valence-electron chi connectivity index (χ3n) is 4.39. The van der Waals surface area contributed by atoms with Gasteiger partial charge in [-0.15, -0.1) is 10.2 Å². The molecular weight excluding hydrogens is 494 g/mol. The van der Waals surface area contributed by atoms with Gasteiger partial charge in [-0.3, -0.25) is 4.79 Å². The number of hydrogen-bond acceptors (Lipinski definition) is 7. The van der Waals surface area contributed by atoms with E-state index in [1.54, 1.807) is 35.7 Å². The second-order valence-electron chi connectivity index (χ2n) is 6.61. The fourth-order valence-electron chi connectivity index (χ4n) is 2.87. The van der Waals surface area contributed by atoms with Crippen LogP contribution in [0.5, 0.6) is 0 Å². The predicted molar refractivity (Wildman–Crippen MR) is 126 cm³/mol. The number of benzene rings is 2. The van der Waals surface area contributed by atoms with Crippen molar-refractivity contribution in [1.82, 2.24) is 19.8 Å². The molecule has 162 valence electrons. The van der Waals surface area contributed by atoms with Crippen LogP contribution in [0.3, 0.4) is 0 Å². The summed E-state index contributed by atoms with van der Waals surface area (Å²) in [6.45, 7) is 2.06. The first-order chi connectivity index (χ1) is 15.5. The summed E-state index contributed by atoms with van der Waals surface area (Å²) in [5.41, 5.74) is 3.36. The van der Waals surface area contributed by atoms with Crippen LogP contribution in [0.1, 0.15) is 17.3 Å². The maximum Gasteiger partial charge on any atom is 0.338 e. The van der Waals surface area contributed by atoms with E-state index in [4.69, 9.17) is 4.74 Å². The van der Waals surface area contributed by atoms with Crippen molar-refractivity contribution < 1.29 is 14.3 Å². The van der Waals surface area contributed by atoms with Crippen LogP contribution in [-0.2, 0) is 9.53 Å². The summed E-state index contributed by atoms with van der Waals surface area (Å²) in [5.74, 6) is -0.473. The molecule has 2 heterocycles. The highest BCUT2D eigenvalue weighted by Crippen LogP contribution is 2.22. The summed E-state index contributed by atoms with van der Waals surface area (Å²) in [6.07, 6.45) is 0. The number of amides is 1. The third kappa shape index (κ3) is 5.14. The number of carbonyl (C=O) groups excluding carboxylic acids is 2. The molecule has 10 heteroatoms. The van der Waals surface area contributed by atoms with E-state index in [2.05, 4.69) is 36.5 Å². The van der Waals surface area contributed by atoms with E-state index in [-0.39, 0.29) is 11.7 Å². The van der Waals surface area contributed by atoms with Gasteiger partial charge in [0.15, 0.2) is 5.65 Å². The number of nitrogens with zero attached hydrogens (tertiary/aromatic N) is 4. The van der Waals surface area contributed by atoms with Crippen molar-refractivity contribution in [2.24, 2.45) is 0 Å². The quantitative estimate of drug-likeness (QED) is 0.288. The van der Waals surface area contributed by atoms with E-state index < -0.39 is 5.97 Å². The molecule has 0 spiro atoms. The second kappa shape index (κ2) is 9.92. The lowest BCUT2D eigenvalue weighted by molar-refractivity contribution is -0.113. The molecule has 0 saturated heterocycles. The minimum atomic E-state index is -0.394. The molecule has 8 nitrogen and oxygen atoms in total. The van der Waals surface area contributed by atoms with Crippen molar-refractivity contribution in [3.8, 4) is 11.3 Å². The number of hydrogen-bond donors (Lipinski definition) is 1. The first kappa shape index (κ1) is 22.0. The Balaban J connectivity index is 1.41. The van der Waals surface area contributed by atoms with Crippen LogP contribution >= 0.6 is 27.7 Å². The van der Waals surface area contributed by atoms with Crippen LogP contribution in [0.25, 0.3) is 16.9 Å². The van der Waals surface area contributed by atoms with E-state index in [1.165, 1.54) is 11.8 Å². The zero-order chi connectivity index (χ0) is 22.5. The number of carbonyl (C=O) groups is 2. The molecule has 0 atom stereocenters. The molecule has 2 aromatic heterocycles. The number of ether oxygens (including phenoxy) is 1. The molecule has 0 aliphatic carbocycles. The monoisotopic (exact) mass is 511 g/mol. The van der Waals surface area contributed by atoms with Gasteiger partial charge >= 0.3 is 5.97 Å². The summed E-state index contributed by atoms with van der Waals surface area (Å²) < 4.78 is 7.57. The van der Waals surface area contributed by atoms with Crippen LogP contribution in [0.15, 0.2) is 70.3 Å². The largest absolute Gasteiger partial charge is 0.462 e. The Labute approximate surface area is 196 Å². The number of anilines is 1. The van der Waals surface area contributed by atoms with Crippen molar-refractivity contribution in [3.63, 3.8) is 0 Å². The number of halogens is 1. The standard InChI is InChI=1S/C22H18BrN5O3S/c1-2-31-21(30)15-5-9-17(10-6-15)24-20(29)13-32-22-26-25-19-12-11-18(27-28(19)22)14-3-7-16(23)8-4-14/h3-12H,2,13H2,1H3,(H,24,29). The number of aromatic nitrogens is 4. The van der Waals surface area contributed by atoms with Gasteiger partial charge in [0.1, 0.15) is 0 Å². The van der Waals surface area contributed by atoms with Crippen molar-refractivity contribution in [1.29, 1.82) is 0 Å². The SMILES string of the molecule is CCOC(=O)c1ccc(NC(=O)CSc2nnc3ccc(-c4ccc(Br)cc4)nn23)cc1. The molecule has 0 aliphatic heterocycles. The van der Waals surface area contributed by atoms with E-state index in [0.29, 0.717) is 28.7 Å². The van der Waals surface area contributed by atoms with Gasteiger partial charge in [0.2, 0.25) is 11.1 Å². The van der Waals surface area contributed by atoms with Crippen molar-refractivity contribution in [3.05, 3.63) is 70.7 Å². The van der Waals surface area contributed by atoms with E-state index in [1.807, 2.05) is 36.4 Å². The number of esters is 1. The maximum absolute atomic E-state index is 12.4. The first-order valence-corrected chi connectivity index (χ1v) is 11.5. The number of thioether (sulfide) groups is 1. The third-order valence-corrected chi connectivity index (χ3v) is 5.83. The lowest BCUT2D eigenvalue weighted by Gasteiger charge is -2.06. The zero-order valence-corrected chi connectivity index (χ0v) is 19.4. The molecule has 2 aromatic carbocycles. The molecule has 0 fully saturated rings. The Kier molecular flexibility index (Phi) is 6.81. The molecule has 32 heavy (non-hydrogen) atoms. The van der Waals surface area contributed by atoms with Crippen molar-refractivity contribution in [2.45, 2.75) is 12.1 Å². The minimum absolute atomic E-state index is 0.130. The van der Waals surface area contributed by atoms with Crippen molar-refractivity contribution >= 4 is 50.9 Å². The van der Waals surface area contributed by atoms with Crippen LogP contribution in [0, 0.1) is 0 Å². The van der Waals surface area contributed by atoms with Gasteiger partial charge < -0.3 is 10.1 Å². The van der Waals surface area contributed by atoms with Gasteiger partial charge in [-0.25, -0.2) is 4.79 Å². The Morgan fingerprint density at radius 2 is 1.78 bits per heavy atom. The van der Waals surface area contributed by atoms with Crippen molar-refractivity contribution in [2.75, 3.05) is 17.7 Å². The first-order valence-electron chi connectivity index (χ1n) is 9.71. The average Bonchev–Trinajstić information content (AvgIpc) is 3.21. The van der Waals surface area contributed by atoms with Gasteiger partial charge in [0.05, 0.1) is 23.6 Å². The van der Waals surface area contributed by atoms with Crippen LogP contribution in [0.2, 0.25) is 0 Å². The molecule has 0 radical (unpaired) electrons. The van der Waals surface area contributed by atoms with E-state index in [0.717, 1.165) is 15.7 Å².